The van der Waals surface area contributed by atoms with Crippen molar-refractivity contribution in [1.82, 2.24) is 24.4 Å². The van der Waals surface area contributed by atoms with Gasteiger partial charge in [-0.15, -0.1) is 0 Å². The number of nitrogens with zero attached hydrogens (tertiary/aromatic N) is 6. The number of Topliss-reactive ketones (excluding diaryl/α,β-unsaturated/α-hetero) is 1. The molecule has 2 bridgehead atoms. The SMILES string of the molecule is CC(=O)c1c(C)c2cnc([NH2+]c3cnc(N4CC5CC4CN5C(C)C)cn3)cc2n(C2CCCC2)c1=O. The molecule has 3 aromatic rings. The van der Waals surface area contributed by atoms with Crippen molar-refractivity contribution in [2.45, 2.75) is 84.0 Å². The molecule has 3 fully saturated rings. The van der Waals surface area contributed by atoms with Gasteiger partial charge in [0.2, 0.25) is 11.6 Å². The normalized spacial score (nSPS) is 22.1. The second kappa shape index (κ2) is 9.29. The van der Waals surface area contributed by atoms with E-state index in [0.717, 1.165) is 67.1 Å². The number of hydrogen-bond acceptors (Lipinski definition) is 7. The molecule has 6 rings (SSSR count). The van der Waals surface area contributed by atoms with Gasteiger partial charge in [-0.3, -0.25) is 14.5 Å². The number of aromatic nitrogens is 4. The molecular weight excluding hydrogens is 466 g/mol. The zero-order valence-electron chi connectivity index (χ0n) is 22.1. The van der Waals surface area contributed by atoms with Crippen LogP contribution < -0.4 is 15.8 Å². The Bertz CT molecular complexity index is 1410. The average Bonchev–Trinajstić information content (AvgIpc) is 3.62. The molecule has 0 amide bonds. The number of carbonyl (C=O) groups is 1. The van der Waals surface area contributed by atoms with Crippen LogP contribution in [0.4, 0.5) is 17.5 Å². The number of nitrogens with two attached hydrogens (primary N) is 1. The number of likely N-dealkylation sites (tertiary alicyclic amines) is 1. The van der Waals surface area contributed by atoms with Crippen LogP contribution in [0.5, 0.6) is 0 Å². The number of rotatable bonds is 6. The van der Waals surface area contributed by atoms with Crippen molar-refractivity contribution in [2.24, 2.45) is 0 Å². The summed E-state index contributed by atoms with van der Waals surface area (Å²) < 4.78 is 1.85. The summed E-state index contributed by atoms with van der Waals surface area (Å²) in [5.74, 6) is 2.20. The van der Waals surface area contributed by atoms with Crippen LogP contribution in [0.1, 0.15) is 74.8 Å². The molecule has 9 heteroatoms. The molecule has 194 valence electrons. The van der Waals surface area contributed by atoms with Crippen LogP contribution in [0, 0.1) is 6.92 Å². The summed E-state index contributed by atoms with van der Waals surface area (Å²) in [6.07, 6.45) is 10.8. The summed E-state index contributed by atoms with van der Waals surface area (Å²) in [6, 6.07) is 3.77. The van der Waals surface area contributed by atoms with E-state index in [4.69, 9.17) is 4.98 Å². The molecule has 2 atom stereocenters. The number of ketones is 1. The Morgan fingerprint density at radius 1 is 1.00 bits per heavy atom. The molecule has 2 N–H and O–H groups in total. The summed E-state index contributed by atoms with van der Waals surface area (Å²) in [7, 11) is 0. The first-order chi connectivity index (χ1) is 17.8. The summed E-state index contributed by atoms with van der Waals surface area (Å²) in [5, 5.41) is 2.76. The molecule has 5 heterocycles. The maximum absolute atomic E-state index is 13.5. The number of carbonyl (C=O) groups excluding carboxylic acids is 1. The zero-order chi connectivity index (χ0) is 25.8. The van der Waals surface area contributed by atoms with Gasteiger partial charge in [0, 0.05) is 54.9 Å². The van der Waals surface area contributed by atoms with Gasteiger partial charge in [-0.25, -0.2) is 15.3 Å². The largest absolute Gasteiger partial charge is 0.349 e. The third kappa shape index (κ3) is 4.14. The lowest BCUT2D eigenvalue weighted by Gasteiger charge is -2.36. The minimum Gasteiger partial charge on any atom is -0.349 e. The molecule has 3 aliphatic rings. The highest BCUT2D eigenvalue weighted by Gasteiger charge is 2.44. The first kappa shape index (κ1) is 24.2. The minimum atomic E-state index is -0.190. The molecule has 3 aromatic heterocycles. The molecule has 2 saturated heterocycles. The summed E-state index contributed by atoms with van der Waals surface area (Å²) in [4.78, 5) is 44.9. The Labute approximate surface area is 216 Å². The van der Waals surface area contributed by atoms with E-state index in [9.17, 15) is 9.59 Å². The van der Waals surface area contributed by atoms with E-state index >= 15 is 0 Å². The fraction of sp³-hybridized carbons (Fsp3) is 0.536. The van der Waals surface area contributed by atoms with E-state index in [-0.39, 0.29) is 22.9 Å². The van der Waals surface area contributed by atoms with Crippen molar-refractivity contribution >= 4 is 34.1 Å². The summed E-state index contributed by atoms with van der Waals surface area (Å²) >= 11 is 0. The van der Waals surface area contributed by atoms with Crippen molar-refractivity contribution in [1.29, 1.82) is 0 Å². The molecule has 1 aliphatic carbocycles. The van der Waals surface area contributed by atoms with Gasteiger partial charge < -0.3 is 9.47 Å². The molecule has 0 radical (unpaired) electrons. The molecule has 2 unspecified atom stereocenters. The topological polar surface area (TPSA) is 101 Å². The number of aryl methyl sites for hydroxylation is 1. The maximum Gasteiger partial charge on any atom is 0.262 e. The van der Waals surface area contributed by atoms with Crippen LogP contribution in [0.25, 0.3) is 10.9 Å². The number of quaternary nitrogens is 1. The van der Waals surface area contributed by atoms with Gasteiger partial charge in [-0.1, -0.05) is 12.8 Å². The van der Waals surface area contributed by atoms with Gasteiger partial charge in [0.05, 0.1) is 17.3 Å². The third-order valence-corrected chi connectivity index (χ3v) is 8.61. The molecular formula is C28H36N7O2+. The lowest BCUT2D eigenvalue weighted by Crippen LogP contribution is -2.72. The Hall–Kier alpha value is -3.17. The van der Waals surface area contributed by atoms with E-state index in [1.807, 2.05) is 35.3 Å². The minimum absolute atomic E-state index is 0.116. The fourth-order valence-corrected chi connectivity index (χ4v) is 6.81. The van der Waals surface area contributed by atoms with Gasteiger partial charge in [0.25, 0.3) is 5.56 Å². The molecule has 1 saturated carbocycles. The van der Waals surface area contributed by atoms with E-state index in [0.29, 0.717) is 23.7 Å². The molecule has 37 heavy (non-hydrogen) atoms. The highest BCUT2D eigenvalue weighted by atomic mass is 16.1. The Morgan fingerprint density at radius 2 is 1.76 bits per heavy atom. The smallest absolute Gasteiger partial charge is 0.262 e. The van der Waals surface area contributed by atoms with Crippen LogP contribution in [0.2, 0.25) is 0 Å². The predicted octanol–water partition coefficient (Wildman–Crippen LogP) is 3.01. The number of hydrogen-bond donors (Lipinski definition) is 1. The first-order valence-corrected chi connectivity index (χ1v) is 13.6. The van der Waals surface area contributed by atoms with Crippen LogP contribution >= 0.6 is 0 Å². The van der Waals surface area contributed by atoms with E-state index < -0.39 is 0 Å². The molecule has 0 aromatic carbocycles. The molecule has 9 nitrogen and oxygen atoms in total. The Morgan fingerprint density at radius 3 is 2.38 bits per heavy atom. The zero-order valence-corrected chi connectivity index (χ0v) is 22.1. The van der Waals surface area contributed by atoms with Crippen molar-refractivity contribution in [3.05, 3.63) is 46.1 Å². The highest BCUT2D eigenvalue weighted by molar-refractivity contribution is 6.00. The lowest BCUT2D eigenvalue weighted by molar-refractivity contribution is -0.487. The highest BCUT2D eigenvalue weighted by Crippen LogP contribution is 2.35. The first-order valence-electron chi connectivity index (χ1n) is 13.6. The summed E-state index contributed by atoms with van der Waals surface area (Å²) in [5.41, 5.74) is 1.65. The Balaban J connectivity index is 1.28. The van der Waals surface area contributed by atoms with Crippen LogP contribution in [-0.4, -0.2) is 61.4 Å². The maximum atomic E-state index is 13.5. The van der Waals surface area contributed by atoms with Crippen LogP contribution in [0.3, 0.4) is 0 Å². The molecule has 0 spiro atoms. The molecule has 2 aliphatic heterocycles. The van der Waals surface area contributed by atoms with Crippen molar-refractivity contribution in [2.75, 3.05) is 18.0 Å². The van der Waals surface area contributed by atoms with Crippen LogP contribution in [-0.2, 0) is 0 Å². The van der Waals surface area contributed by atoms with E-state index in [1.165, 1.54) is 13.3 Å². The van der Waals surface area contributed by atoms with E-state index in [1.54, 1.807) is 6.20 Å². The quantitative estimate of drug-likeness (QED) is 0.517. The lowest BCUT2D eigenvalue weighted by atomic mass is 10.0. The van der Waals surface area contributed by atoms with Gasteiger partial charge in [0.15, 0.2) is 5.78 Å². The van der Waals surface area contributed by atoms with Gasteiger partial charge in [0.1, 0.15) is 12.0 Å². The van der Waals surface area contributed by atoms with Crippen molar-refractivity contribution < 1.29 is 10.1 Å². The summed E-state index contributed by atoms with van der Waals surface area (Å²) in [6.45, 7) is 9.96. The monoisotopic (exact) mass is 502 g/mol. The van der Waals surface area contributed by atoms with Gasteiger partial charge >= 0.3 is 0 Å². The van der Waals surface area contributed by atoms with Crippen molar-refractivity contribution in [3.8, 4) is 0 Å². The Kier molecular flexibility index (Phi) is 6.07. The van der Waals surface area contributed by atoms with Crippen LogP contribution in [0.15, 0.2) is 29.5 Å². The number of pyridine rings is 2. The number of piperazine rings is 1. The third-order valence-electron chi connectivity index (χ3n) is 8.61. The second-order valence-electron chi connectivity index (χ2n) is 11.2. The number of anilines is 1. The second-order valence-corrected chi connectivity index (χ2v) is 11.2. The average molecular weight is 503 g/mol. The van der Waals surface area contributed by atoms with Crippen molar-refractivity contribution in [3.63, 3.8) is 0 Å². The fourth-order valence-electron chi connectivity index (χ4n) is 6.81. The predicted molar refractivity (Wildman–Crippen MR) is 143 cm³/mol. The van der Waals surface area contributed by atoms with Gasteiger partial charge in [-0.05, 0) is 52.5 Å². The van der Waals surface area contributed by atoms with E-state index in [2.05, 4.69) is 33.6 Å². The standard InChI is InChI=1S/C28H35N7O2/c1-16(2)33-14-21-9-20(33)15-34(21)26-13-30-25(12-31-26)32-24-10-23-22(11-29-24)17(3)27(18(4)36)28(37)35(23)19-7-5-6-8-19/h10-13,16,19-21H,5-9,14-15H2,1-4H3,(H,29,30,32)/p+1. The number of fused-ring (bicyclic) bond motifs is 3. The van der Waals surface area contributed by atoms with Gasteiger partial charge in [-0.2, -0.15) is 4.98 Å².